The van der Waals surface area contributed by atoms with E-state index >= 15 is 0 Å². The van der Waals surface area contributed by atoms with Gasteiger partial charge >= 0.3 is 0 Å². The SMILES string of the molecule is NCc1ccc(-c2cc(N)ccn2)o1. The molecule has 2 rings (SSSR count). The maximum absolute atomic E-state index is 5.63. The van der Waals surface area contributed by atoms with Crippen LogP contribution in [0.15, 0.2) is 34.9 Å². The van der Waals surface area contributed by atoms with Gasteiger partial charge in [0.1, 0.15) is 11.5 Å². The second-order valence-electron chi connectivity index (χ2n) is 2.94. The van der Waals surface area contributed by atoms with Gasteiger partial charge in [-0.2, -0.15) is 0 Å². The van der Waals surface area contributed by atoms with Crippen molar-refractivity contribution in [2.45, 2.75) is 6.54 Å². The number of rotatable bonds is 2. The summed E-state index contributed by atoms with van der Waals surface area (Å²) in [7, 11) is 0. The lowest BCUT2D eigenvalue weighted by Crippen LogP contribution is -1.92. The van der Waals surface area contributed by atoms with Gasteiger partial charge in [0, 0.05) is 11.9 Å². The molecule has 0 saturated heterocycles. The second-order valence-corrected chi connectivity index (χ2v) is 2.94. The molecule has 14 heavy (non-hydrogen) atoms. The van der Waals surface area contributed by atoms with Crippen molar-refractivity contribution in [2.24, 2.45) is 5.73 Å². The van der Waals surface area contributed by atoms with Gasteiger partial charge in [-0.15, -0.1) is 0 Å². The van der Waals surface area contributed by atoms with E-state index in [-0.39, 0.29) is 0 Å². The van der Waals surface area contributed by atoms with E-state index in [4.69, 9.17) is 15.9 Å². The Bertz CT molecular complexity index is 436. The molecular weight excluding hydrogens is 178 g/mol. The Morgan fingerprint density at radius 1 is 1.29 bits per heavy atom. The molecule has 4 nitrogen and oxygen atoms in total. The summed E-state index contributed by atoms with van der Waals surface area (Å²) < 4.78 is 5.43. The molecule has 4 N–H and O–H groups in total. The number of pyridine rings is 1. The van der Waals surface area contributed by atoms with Gasteiger partial charge in [0.25, 0.3) is 0 Å². The summed E-state index contributed by atoms with van der Waals surface area (Å²) in [4.78, 5) is 4.14. The predicted molar refractivity (Wildman–Crippen MR) is 54.2 cm³/mol. The standard InChI is InChI=1S/C10H11N3O/c11-6-8-1-2-10(14-8)9-5-7(12)3-4-13-9/h1-5H,6,11H2,(H2,12,13). The van der Waals surface area contributed by atoms with E-state index in [9.17, 15) is 0 Å². The van der Waals surface area contributed by atoms with Crippen molar-refractivity contribution < 1.29 is 4.42 Å². The average Bonchev–Trinajstić information content (AvgIpc) is 2.66. The van der Waals surface area contributed by atoms with Crippen LogP contribution in [0.1, 0.15) is 5.76 Å². The smallest absolute Gasteiger partial charge is 0.152 e. The van der Waals surface area contributed by atoms with Crippen molar-refractivity contribution >= 4 is 5.69 Å². The summed E-state index contributed by atoms with van der Waals surface area (Å²) in [5, 5.41) is 0. The molecule has 0 aromatic carbocycles. The monoisotopic (exact) mass is 189 g/mol. The van der Waals surface area contributed by atoms with Gasteiger partial charge in [-0.05, 0) is 24.3 Å². The summed E-state index contributed by atoms with van der Waals surface area (Å²) in [5.74, 6) is 1.43. The van der Waals surface area contributed by atoms with Crippen LogP contribution in [-0.2, 0) is 6.54 Å². The number of nitrogens with zero attached hydrogens (tertiary/aromatic N) is 1. The molecular formula is C10H11N3O. The normalized spacial score (nSPS) is 10.4. The highest BCUT2D eigenvalue weighted by Crippen LogP contribution is 2.21. The third-order valence-electron chi connectivity index (χ3n) is 1.90. The largest absolute Gasteiger partial charge is 0.458 e. The van der Waals surface area contributed by atoms with E-state index in [0.717, 1.165) is 11.5 Å². The maximum Gasteiger partial charge on any atom is 0.152 e. The van der Waals surface area contributed by atoms with E-state index in [1.807, 2.05) is 12.1 Å². The van der Waals surface area contributed by atoms with Crippen LogP contribution in [-0.4, -0.2) is 4.98 Å². The molecule has 0 amide bonds. The van der Waals surface area contributed by atoms with Crippen molar-refractivity contribution in [1.82, 2.24) is 4.98 Å². The van der Waals surface area contributed by atoms with Crippen LogP contribution in [0.25, 0.3) is 11.5 Å². The van der Waals surface area contributed by atoms with Crippen molar-refractivity contribution in [3.05, 3.63) is 36.2 Å². The van der Waals surface area contributed by atoms with E-state index in [2.05, 4.69) is 4.98 Å². The lowest BCUT2D eigenvalue weighted by Gasteiger charge is -1.97. The van der Waals surface area contributed by atoms with Crippen molar-refractivity contribution in [3.63, 3.8) is 0 Å². The topological polar surface area (TPSA) is 78.1 Å². The molecule has 0 unspecified atom stereocenters. The fourth-order valence-electron chi connectivity index (χ4n) is 1.21. The number of aromatic nitrogens is 1. The van der Waals surface area contributed by atoms with Crippen molar-refractivity contribution in [2.75, 3.05) is 5.73 Å². The highest BCUT2D eigenvalue weighted by atomic mass is 16.3. The number of anilines is 1. The number of hydrogen-bond donors (Lipinski definition) is 2. The van der Waals surface area contributed by atoms with Gasteiger partial charge in [0.2, 0.25) is 0 Å². The van der Waals surface area contributed by atoms with Crippen LogP contribution in [0.2, 0.25) is 0 Å². The summed E-state index contributed by atoms with van der Waals surface area (Å²) in [6, 6.07) is 7.17. The Labute approximate surface area is 81.5 Å². The fraction of sp³-hybridized carbons (Fsp3) is 0.100. The van der Waals surface area contributed by atoms with E-state index < -0.39 is 0 Å². The fourth-order valence-corrected chi connectivity index (χ4v) is 1.21. The highest BCUT2D eigenvalue weighted by molar-refractivity contribution is 5.57. The molecule has 4 heteroatoms. The zero-order valence-electron chi connectivity index (χ0n) is 7.60. The van der Waals surface area contributed by atoms with Crippen LogP contribution < -0.4 is 11.5 Å². The lowest BCUT2D eigenvalue weighted by atomic mass is 10.3. The number of nitrogen functional groups attached to an aromatic ring is 1. The van der Waals surface area contributed by atoms with Crippen LogP contribution in [0.5, 0.6) is 0 Å². The summed E-state index contributed by atoms with van der Waals surface area (Å²) in [6.45, 7) is 0.391. The predicted octanol–water partition coefficient (Wildman–Crippen LogP) is 1.38. The minimum atomic E-state index is 0.391. The highest BCUT2D eigenvalue weighted by Gasteiger charge is 2.04. The molecule has 72 valence electrons. The van der Waals surface area contributed by atoms with E-state index in [0.29, 0.717) is 18.0 Å². The lowest BCUT2D eigenvalue weighted by molar-refractivity contribution is 0.524. The summed E-state index contributed by atoms with van der Waals surface area (Å²) in [5.41, 5.74) is 12.5. The Hall–Kier alpha value is -1.81. The molecule has 2 heterocycles. The van der Waals surface area contributed by atoms with E-state index in [1.54, 1.807) is 18.3 Å². The minimum Gasteiger partial charge on any atom is -0.458 e. The third kappa shape index (κ3) is 1.60. The van der Waals surface area contributed by atoms with Gasteiger partial charge < -0.3 is 15.9 Å². The van der Waals surface area contributed by atoms with Crippen LogP contribution in [0.3, 0.4) is 0 Å². The van der Waals surface area contributed by atoms with Gasteiger partial charge in [-0.25, -0.2) is 0 Å². The van der Waals surface area contributed by atoms with E-state index in [1.165, 1.54) is 0 Å². The second kappa shape index (κ2) is 3.51. The Morgan fingerprint density at radius 2 is 2.14 bits per heavy atom. The van der Waals surface area contributed by atoms with Crippen LogP contribution >= 0.6 is 0 Å². The zero-order chi connectivity index (χ0) is 9.97. The third-order valence-corrected chi connectivity index (χ3v) is 1.90. The Kier molecular flexibility index (Phi) is 2.20. The summed E-state index contributed by atoms with van der Waals surface area (Å²) >= 11 is 0. The molecule has 0 radical (unpaired) electrons. The molecule has 2 aromatic rings. The van der Waals surface area contributed by atoms with Crippen LogP contribution in [0, 0.1) is 0 Å². The molecule has 0 aliphatic carbocycles. The first-order chi connectivity index (χ1) is 6.79. The minimum absolute atomic E-state index is 0.391. The molecule has 2 aromatic heterocycles. The quantitative estimate of drug-likeness (QED) is 0.748. The average molecular weight is 189 g/mol. The van der Waals surface area contributed by atoms with Gasteiger partial charge in [-0.3, -0.25) is 4.98 Å². The maximum atomic E-state index is 5.63. The molecule has 0 saturated carbocycles. The van der Waals surface area contributed by atoms with Gasteiger partial charge in [0.15, 0.2) is 5.76 Å². The first-order valence-corrected chi connectivity index (χ1v) is 4.30. The first-order valence-electron chi connectivity index (χ1n) is 4.30. The number of hydrogen-bond acceptors (Lipinski definition) is 4. The van der Waals surface area contributed by atoms with Crippen molar-refractivity contribution in [1.29, 1.82) is 0 Å². The molecule has 0 atom stereocenters. The van der Waals surface area contributed by atoms with Crippen molar-refractivity contribution in [3.8, 4) is 11.5 Å². The number of nitrogens with two attached hydrogens (primary N) is 2. The van der Waals surface area contributed by atoms with Crippen LogP contribution in [0.4, 0.5) is 5.69 Å². The summed E-state index contributed by atoms with van der Waals surface area (Å²) in [6.07, 6.45) is 1.65. The molecule has 0 bridgehead atoms. The number of furan rings is 1. The molecule has 0 spiro atoms. The Morgan fingerprint density at radius 3 is 2.79 bits per heavy atom. The molecule has 0 aliphatic heterocycles. The Balaban J connectivity index is 2.39. The molecule has 0 aliphatic rings. The zero-order valence-corrected chi connectivity index (χ0v) is 7.60. The molecule has 0 fully saturated rings. The first kappa shape index (κ1) is 8.77. The van der Waals surface area contributed by atoms with Gasteiger partial charge in [-0.1, -0.05) is 0 Å². The van der Waals surface area contributed by atoms with Gasteiger partial charge in [0.05, 0.1) is 6.54 Å².